The van der Waals surface area contributed by atoms with E-state index >= 15 is 0 Å². The first-order valence-electron chi connectivity index (χ1n) is 32.9. The molecule has 0 aromatic heterocycles. The quantitative estimate of drug-likeness (QED) is 0.0382. The highest BCUT2D eigenvalue weighted by Gasteiger charge is 2.44. The predicted molar refractivity (Wildman–Crippen MR) is 322 cm³/mol. The number of carbonyl (C=O) groups excluding carboxylic acids is 5. The van der Waals surface area contributed by atoms with Crippen LogP contribution in [0.5, 0.6) is 0 Å². The lowest BCUT2D eigenvalue weighted by Gasteiger charge is -2.41. The lowest BCUT2D eigenvalue weighted by atomic mass is 9.86. The van der Waals surface area contributed by atoms with Crippen molar-refractivity contribution in [2.45, 2.75) is 261 Å². The summed E-state index contributed by atoms with van der Waals surface area (Å²) in [6.45, 7) is 10.4. The smallest absolute Gasteiger partial charge is 0.223 e. The number of nitrogens with one attached hydrogen (secondary N) is 5. The first kappa shape index (κ1) is 78.2. The van der Waals surface area contributed by atoms with Crippen molar-refractivity contribution >= 4 is 29.4 Å². The van der Waals surface area contributed by atoms with Crippen LogP contribution in [0.1, 0.15) is 182 Å². The summed E-state index contributed by atoms with van der Waals surface area (Å²) in [5, 5.41) is 106. The molecule has 8 unspecified atom stereocenters. The SMILES string of the molecule is CCCOCCCNC(=O)CCCCCNC(=O)C(CCCCNCCCCCC[C@@H]1OC(CO)[C@H](O)[C@H](O)C1C)CC(=O)C(CCCCNC(=O)CCCCO[C@@H]1OC(CO)[C@H](O)[C@H](O)C1C)NC(=O)CCCCO[C@@H]1OC(CO)[C@H](O)[C@H](O)C1C. The first-order chi connectivity index (χ1) is 41.9. The van der Waals surface area contributed by atoms with Crippen molar-refractivity contribution in [1.82, 2.24) is 26.6 Å². The Kier molecular flexibility index (Phi) is 41.4. The molecule has 3 aliphatic rings. The lowest BCUT2D eigenvalue weighted by molar-refractivity contribution is -0.282. The molecule has 3 rings (SSSR count). The summed E-state index contributed by atoms with van der Waals surface area (Å²) in [4.78, 5) is 67.0. The molecule has 3 heterocycles. The molecule has 508 valence electrons. The Morgan fingerprint density at radius 2 is 0.908 bits per heavy atom. The minimum atomic E-state index is -1.26. The number of unbranched alkanes of at least 4 members (excludes halogenated alkanes) is 9. The van der Waals surface area contributed by atoms with Crippen LogP contribution in [-0.2, 0) is 52.4 Å². The molecule has 25 nitrogen and oxygen atoms in total. The van der Waals surface area contributed by atoms with Gasteiger partial charge in [0.15, 0.2) is 18.4 Å². The van der Waals surface area contributed by atoms with Gasteiger partial charge in [-0.25, -0.2) is 0 Å². The van der Waals surface area contributed by atoms with E-state index in [1.54, 1.807) is 13.8 Å². The molecule has 3 saturated heterocycles. The van der Waals surface area contributed by atoms with Crippen molar-refractivity contribution in [2.75, 3.05) is 79.0 Å². The number of Topliss-reactive ketones (excluding diaryl/α,β-unsaturated/α-hetero) is 1. The molecule has 0 spiro atoms. The second-order valence-electron chi connectivity index (χ2n) is 24.2. The molecule has 4 amide bonds. The third-order valence-electron chi connectivity index (χ3n) is 17.0. The summed E-state index contributed by atoms with van der Waals surface area (Å²) in [6.07, 6.45) is 2.31. The summed E-state index contributed by atoms with van der Waals surface area (Å²) in [6, 6.07) is -0.903. The van der Waals surface area contributed by atoms with E-state index in [9.17, 15) is 69.9 Å². The van der Waals surface area contributed by atoms with Crippen LogP contribution in [0.25, 0.3) is 0 Å². The number of aliphatic hydroxyl groups excluding tert-OH is 9. The van der Waals surface area contributed by atoms with Crippen molar-refractivity contribution in [1.29, 1.82) is 0 Å². The van der Waals surface area contributed by atoms with Gasteiger partial charge in [0.05, 0.1) is 50.3 Å². The second-order valence-corrected chi connectivity index (χ2v) is 24.2. The predicted octanol–water partition coefficient (Wildman–Crippen LogP) is 1.29. The molecule has 0 saturated carbocycles. The van der Waals surface area contributed by atoms with E-state index in [0.717, 1.165) is 64.3 Å². The maximum atomic E-state index is 14.4. The molecule has 3 aliphatic heterocycles. The van der Waals surface area contributed by atoms with Crippen LogP contribution in [0, 0.1) is 23.7 Å². The number of amides is 4. The molecule has 0 radical (unpaired) electrons. The molecular formula is C62H115N5O20. The standard InChI is InChI=1S/C62H115N5O20/c1-5-33-82-34-21-32-65-51(72)25-10-8-16-31-66-60(81)44(22-11-17-29-63-28-15-7-6-9-24-47-41(2)54(75)57(78)48(38-68)85-47)37-46(71)45(67-53(74)27-14-20-36-84-62-43(4)56(77)59(80)50(40-70)87-62)23-12-18-30-64-52(73)26-13-19-35-83-61-42(3)55(76)58(79)49(39-69)86-61/h41-45,47-50,54-59,61-63,68-70,75-80H,5-40H2,1-4H3,(H,64,73)(H,65,72)(H,66,81)(H,67,74)/t41?,42?,43?,44?,45?,47-,48?,49?,50?,54+,55+,56+,57-,58-,59-,61+,62+/m0/s1. The number of aliphatic hydroxyl groups is 9. The van der Waals surface area contributed by atoms with Crippen LogP contribution in [0.15, 0.2) is 0 Å². The van der Waals surface area contributed by atoms with Gasteiger partial charge in [0.25, 0.3) is 0 Å². The molecule has 3 fully saturated rings. The van der Waals surface area contributed by atoms with Gasteiger partial charge in [0.2, 0.25) is 23.6 Å². The van der Waals surface area contributed by atoms with Crippen LogP contribution in [0.3, 0.4) is 0 Å². The number of ketones is 1. The van der Waals surface area contributed by atoms with Gasteiger partial charge in [-0.1, -0.05) is 59.8 Å². The first-order valence-corrected chi connectivity index (χ1v) is 32.9. The Bertz CT molecular complexity index is 1860. The second kappa shape index (κ2) is 46.0. The highest BCUT2D eigenvalue weighted by Crippen LogP contribution is 2.31. The Morgan fingerprint density at radius 1 is 0.448 bits per heavy atom. The molecule has 14 N–H and O–H groups in total. The van der Waals surface area contributed by atoms with E-state index in [-0.39, 0.29) is 86.9 Å². The monoisotopic (exact) mass is 1250 g/mol. The van der Waals surface area contributed by atoms with Crippen LogP contribution < -0.4 is 26.6 Å². The van der Waals surface area contributed by atoms with E-state index in [1.807, 2.05) is 13.8 Å². The zero-order chi connectivity index (χ0) is 63.9. The summed E-state index contributed by atoms with van der Waals surface area (Å²) < 4.78 is 34.2. The zero-order valence-electron chi connectivity index (χ0n) is 52.8. The van der Waals surface area contributed by atoms with Gasteiger partial charge in [-0.2, -0.15) is 0 Å². The zero-order valence-corrected chi connectivity index (χ0v) is 52.8. The van der Waals surface area contributed by atoms with Crippen molar-refractivity contribution in [3.05, 3.63) is 0 Å². The fourth-order valence-electron chi connectivity index (χ4n) is 11.1. The number of ether oxygens (including phenoxy) is 6. The molecule has 17 atom stereocenters. The Balaban J connectivity index is 1.55. The van der Waals surface area contributed by atoms with Gasteiger partial charge in [0.1, 0.15) is 36.6 Å². The number of rotatable bonds is 49. The Morgan fingerprint density at radius 3 is 1.48 bits per heavy atom. The minimum absolute atomic E-state index is 0.0256. The fourth-order valence-corrected chi connectivity index (χ4v) is 11.1. The van der Waals surface area contributed by atoms with Crippen LogP contribution >= 0.6 is 0 Å². The average Bonchev–Trinajstić information content (AvgIpc) is 2.29. The highest BCUT2D eigenvalue weighted by atomic mass is 16.7. The van der Waals surface area contributed by atoms with Crippen LogP contribution in [0.4, 0.5) is 0 Å². The van der Waals surface area contributed by atoms with Crippen LogP contribution in [-0.4, -0.2) is 234 Å². The summed E-state index contributed by atoms with van der Waals surface area (Å²) in [5.74, 6) is -3.07. The lowest BCUT2D eigenvalue weighted by Crippen LogP contribution is -2.55. The summed E-state index contributed by atoms with van der Waals surface area (Å²) in [7, 11) is 0. The van der Waals surface area contributed by atoms with Gasteiger partial charge in [0, 0.05) is 95.4 Å². The van der Waals surface area contributed by atoms with Crippen molar-refractivity contribution in [3.8, 4) is 0 Å². The molecule has 0 aliphatic carbocycles. The topological polar surface area (TPSA) is 383 Å². The van der Waals surface area contributed by atoms with Gasteiger partial charge < -0.3 is 101 Å². The third kappa shape index (κ3) is 30.3. The maximum Gasteiger partial charge on any atom is 0.223 e. The average molecular weight is 1250 g/mol. The Hall–Kier alpha value is -3.09. The largest absolute Gasteiger partial charge is 0.394 e. The fraction of sp³-hybridized carbons (Fsp3) is 0.919. The van der Waals surface area contributed by atoms with E-state index in [2.05, 4.69) is 26.6 Å². The van der Waals surface area contributed by atoms with E-state index < -0.39 is 105 Å². The molecule has 0 bridgehead atoms. The third-order valence-corrected chi connectivity index (χ3v) is 17.0. The van der Waals surface area contributed by atoms with E-state index in [4.69, 9.17) is 28.4 Å². The van der Waals surface area contributed by atoms with Gasteiger partial charge in [-0.3, -0.25) is 24.0 Å². The molecular weight excluding hydrogens is 1130 g/mol. The van der Waals surface area contributed by atoms with E-state index in [0.29, 0.717) is 110 Å². The number of hydrogen-bond acceptors (Lipinski definition) is 21. The number of hydrogen-bond donors (Lipinski definition) is 14. The number of carbonyl (C=O) groups is 5. The normalized spacial score (nSPS) is 28.2. The molecule has 0 aromatic rings. The van der Waals surface area contributed by atoms with Gasteiger partial charge >= 0.3 is 0 Å². The summed E-state index contributed by atoms with van der Waals surface area (Å²) in [5.41, 5.74) is 0. The van der Waals surface area contributed by atoms with Gasteiger partial charge in [-0.15, -0.1) is 0 Å². The van der Waals surface area contributed by atoms with Crippen molar-refractivity contribution in [3.63, 3.8) is 0 Å². The van der Waals surface area contributed by atoms with Crippen molar-refractivity contribution in [2.24, 2.45) is 23.7 Å². The maximum absolute atomic E-state index is 14.4. The summed E-state index contributed by atoms with van der Waals surface area (Å²) >= 11 is 0. The van der Waals surface area contributed by atoms with Gasteiger partial charge in [-0.05, 0) is 109 Å². The van der Waals surface area contributed by atoms with E-state index in [1.165, 1.54) is 0 Å². The minimum Gasteiger partial charge on any atom is -0.394 e. The van der Waals surface area contributed by atoms with Crippen molar-refractivity contribution < 1.29 is 98.4 Å². The molecule has 87 heavy (non-hydrogen) atoms. The molecule has 0 aromatic carbocycles. The molecule has 25 heteroatoms. The highest BCUT2D eigenvalue weighted by molar-refractivity contribution is 5.92. The Labute approximate surface area is 516 Å². The van der Waals surface area contributed by atoms with Crippen LogP contribution in [0.2, 0.25) is 0 Å².